The Hall–Kier alpha value is -2.66. The predicted octanol–water partition coefficient (Wildman–Crippen LogP) is 3.37. The zero-order valence-electron chi connectivity index (χ0n) is 15.6. The number of carbonyl (C=O) groups is 2. The van der Waals surface area contributed by atoms with E-state index in [0.29, 0.717) is 19.0 Å². The maximum Gasteiger partial charge on any atom is 0.238 e. The monoisotopic (exact) mass is 363 g/mol. The Morgan fingerprint density at radius 2 is 2.04 bits per heavy atom. The van der Waals surface area contributed by atoms with Crippen LogP contribution in [0, 0.1) is 0 Å². The highest BCUT2D eigenvalue weighted by molar-refractivity contribution is 5.97. The van der Waals surface area contributed by atoms with E-state index in [9.17, 15) is 9.59 Å². The van der Waals surface area contributed by atoms with Gasteiger partial charge in [-0.2, -0.15) is 0 Å². The van der Waals surface area contributed by atoms with Crippen LogP contribution in [0.3, 0.4) is 0 Å². The second kappa shape index (κ2) is 7.53. The van der Waals surface area contributed by atoms with Crippen LogP contribution >= 0.6 is 0 Å². The summed E-state index contributed by atoms with van der Waals surface area (Å²) in [7, 11) is 2.01. The molecule has 27 heavy (non-hydrogen) atoms. The molecule has 0 aromatic heterocycles. The Labute approximate surface area is 160 Å². The number of hydrogen-bond donors (Lipinski definition) is 1. The number of likely N-dealkylation sites (N-methyl/N-ethyl adjacent to an activating group) is 1. The molecule has 2 aromatic carbocycles. The van der Waals surface area contributed by atoms with Gasteiger partial charge in [-0.15, -0.1) is 0 Å². The van der Waals surface area contributed by atoms with Crippen molar-refractivity contribution in [1.82, 2.24) is 4.90 Å². The topological polar surface area (TPSA) is 52.7 Å². The molecule has 5 heteroatoms. The first-order chi connectivity index (χ1) is 13.1. The SMILES string of the molecule is CN(CC(=O)Nc1cccc(N2CCCC2=O)c1)C1CCc2ccccc21. The molecule has 4 rings (SSSR count). The van der Waals surface area contributed by atoms with Crippen molar-refractivity contribution >= 4 is 23.2 Å². The van der Waals surface area contributed by atoms with Crippen molar-refractivity contribution < 1.29 is 9.59 Å². The fraction of sp³-hybridized carbons (Fsp3) is 0.364. The summed E-state index contributed by atoms with van der Waals surface area (Å²) in [5.41, 5.74) is 4.31. The maximum absolute atomic E-state index is 12.6. The molecular weight excluding hydrogens is 338 g/mol. The van der Waals surface area contributed by atoms with Gasteiger partial charge in [0.05, 0.1) is 6.54 Å². The van der Waals surface area contributed by atoms with Gasteiger partial charge in [-0.3, -0.25) is 14.5 Å². The van der Waals surface area contributed by atoms with Crippen LogP contribution in [0.5, 0.6) is 0 Å². The van der Waals surface area contributed by atoms with Gasteiger partial charge >= 0.3 is 0 Å². The third-order valence-electron chi connectivity index (χ3n) is 5.54. The van der Waals surface area contributed by atoms with Crippen LogP contribution < -0.4 is 10.2 Å². The van der Waals surface area contributed by atoms with Gasteiger partial charge in [-0.25, -0.2) is 0 Å². The van der Waals surface area contributed by atoms with E-state index in [0.717, 1.165) is 37.2 Å². The van der Waals surface area contributed by atoms with Gasteiger partial charge in [0.15, 0.2) is 0 Å². The lowest BCUT2D eigenvalue weighted by Crippen LogP contribution is -2.32. The zero-order valence-corrected chi connectivity index (χ0v) is 15.6. The Morgan fingerprint density at radius 1 is 1.19 bits per heavy atom. The number of nitrogens with zero attached hydrogens (tertiary/aromatic N) is 2. The molecular formula is C22H25N3O2. The smallest absolute Gasteiger partial charge is 0.238 e. The lowest BCUT2D eigenvalue weighted by Gasteiger charge is -2.24. The van der Waals surface area contributed by atoms with Gasteiger partial charge in [0.1, 0.15) is 0 Å². The number of fused-ring (bicyclic) bond motifs is 1. The van der Waals surface area contributed by atoms with E-state index < -0.39 is 0 Å². The van der Waals surface area contributed by atoms with E-state index in [2.05, 4.69) is 34.5 Å². The quantitative estimate of drug-likeness (QED) is 0.886. The number of amides is 2. The van der Waals surface area contributed by atoms with E-state index >= 15 is 0 Å². The van der Waals surface area contributed by atoms with Crippen molar-refractivity contribution in [2.45, 2.75) is 31.7 Å². The molecule has 5 nitrogen and oxygen atoms in total. The van der Waals surface area contributed by atoms with Crippen LogP contribution in [-0.2, 0) is 16.0 Å². The van der Waals surface area contributed by atoms with Crippen LogP contribution in [0.25, 0.3) is 0 Å². The van der Waals surface area contributed by atoms with E-state index in [1.165, 1.54) is 11.1 Å². The standard InChI is InChI=1S/C22H25N3O2/c1-24(20-12-11-16-6-2-3-9-19(16)20)15-21(26)23-17-7-4-8-18(14-17)25-13-5-10-22(25)27/h2-4,6-9,14,20H,5,10-13,15H2,1H3,(H,23,26). The van der Waals surface area contributed by atoms with Crippen LogP contribution in [0.4, 0.5) is 11.4 Å². The molecule has 0 bridgehead atoms. The summed E-state index contributed by atoms with van der Waals surface area (Å²) in [5, 5.41) is 2.98. The molecule has 140 valence electrons. The maximum atomic E-state index is 12.6. The summed E-state index contributed by atoms with van der Waals surface area (Å²) in [5.74, 6) is 0.116. The fourth-order valence-corrected chi connectivity index (χ4v) is 4.20. The minimum Gasteiger partial charge on any atom is -0.325 e. The Balaban J connectivity index is 1.39. The third-order valence-corrected chi connectivity index (χ3v) is 5.54. The molecule has 0 saturated carbocycles. The molecule has 1 aliphatic carbocycles. The summed E-state index contributed by atoms with van der Waals surface area (Å²) in [6.07, 6.45) is 3.61. The van der Waals surface area contributed by atoms with Gasteiger partial charge < -0.3 is 10.2 Å². The second-order valence-electron chi connectivity index (χ2n) is 7.42. The Kier molecular flexibility index (Phi) is 4.94. The van der Waals surface area contributed by atoms with Crippen molar-refractivity contribution in [2.24, 2.45) is 0 Å². The Morgan fingerprint density at radius 3 is 2.85 bits per heavy atom. The molecule has 1 unspecified atom stereocenters. The molecule has 1 aliphatic heterocycles. The van der Waals surface area contributed by atoms with Gasteiger partial charge in [0.2, 0.25) is 11.8 Å². The fourth-order valence-electron chi connectivity index (χ4n) is 4.20. The molecule has 1 atom stereocenters. The van der Waals surface area contributed by atoms with Crippen molar-refractivity contribution in [3.8, 4) is 0 Å². The first-order valence-electron chi connectivity index (χ1n) is 9.60. The predicted molar refractivity (Wildman–Crippen MR) is 107 cm³/mol. The first kappa shape index (κ1) is 17.7. The molecule has 1 saturated heterocycles. The van der Waals surface area contributed by atoms with Crippen LogP contribution in [0.1, 0.15) is 36.4 Å². The second-order valence-corrected chi connectivity index (χ2v) is 7.42. The van der Waals surface area contributed by atoms with Crippen molar-refractivity contribution in [2.75, 3.05) is 30.4 Å². The molecule has 1 N–H and O–H groups in total. The number of anilines is 2. The van der Waals surface area contributed by atoms with E-state index in [4.69, 9.17) is 0 Å². The lowest BCUT2D eigenvalue weighted by molar-refractivity contribution is -0.118. The minimum atomic E-state index is -0.0354. The van der Waals surface area contributed by atoms with Gasteiger partial charge in [-0.1, -0.05) is 30.3 Å². The summed E-state index contributed by atoms with van der Waals surface area (Å²) in [6, 6.07) is 16.3. The number of benzene rings is 2. The molecule has 1 fully saturated rings. The van der Waals surface area contributed by atoms with E-state index in [1.54, 1.807) is 4.90 Å². The summed E-state index contributed by atoms with van der Waals surface area (Å²) < 4.78 is 0. The van der Waals surface area contributed by atoms with E-state index in [1.807, 2.05) is 31.3 Å². The number of nitrogens with one attached hydrogen (secondary N) is 1. The van der Waals surface area contributed by atoms with Crippen LogP contribution in [-0.4, -0.2) is 36.9 Å². The average Bonchev–Trinajstić information content (AvgIpc) is 3.28. The summed E-state index contributed by atoms with van der Waals surface area (Å²) in [4.78, 5) is 28.4. The zero-order chi connectivity index (χ0) is 18.8. The highest BCUT2D eigenvalue weighted by Crippen LogP contribution is 2.34. The third kappa shape index (κ3) is 3.74. The molecule has 0 spiro atoms. The highest BCUT2D eigenvalue weighted by atomic mass is 16.2. The molecule has 2 amide bonds. The number of hydrogen-bond acceptors (Lipinski definition) is 3. The van der Waals surface area contributed by atoms with Crippen molar-refractivity contribution in [1.29, 1.82) is 0 Å². The molecule has 2 aliphatic rings. The average molecular weight is 363 g/mol. The van der Waals surface area contributed by atoms with Crippen LogP contribution in [0.15, 0.2) is 48.5 Å². The number of aryl methyl sites for hydroxylation is 1. The van der Waals surface area contributed by atoms with Crippen LogP contribution in [0.2, 0.25) is 0 Å². The number of rotatable bonds is 5. The molecule has 2 aromatic rings. The Bertz CT molecular complexity index is 864. The largest absolute Gasteiger partial charge is 0.325 e. The van der Waals surface area contributed by atoms with E-state index in [-0.39, 0.29) is 11.8 Å². The highest BCUT2D eigenvalue weighted by Gasteiger charge is 2.26. The van der Waals surface area contributed by atoms with Crippen molar-refractivity contribution in [3.05, 3.63) is 59.7 Å². The summed E-state index contributed by atoms with van der Waals surface area (Å²) >= 11 is 0. The number of carbonyl (C=O) groups excluding carboxylic acids is 2. The molecule has 1 heterocycles. The summed E-state index contributed by atoms with van der Waals surface area (Å²) in [6.45, 7) is 1.09. The van der Waals surface area contributed by atoms with Gasteiger partial charge in [0.25, 0.3) is 0 Å². The van der Waals surface area contributed by atoms with Crippen molar-refractivity contribution in [3.63, 3.8) is 0 Å². The van der Waals surface area contributed by atoms with Gasteiger partial charge in [0, 0.05) is 30.4 Å². The lowest BCUT2D eigenvalue weighted by atomic mass is 10.1. The molecule has 0 radical (unpaired) electrons. The minimum absolute atomic E-state index is 0.0354. The normalized spacial score (nSPS) is 18.8. The van der Waals surface area contributed by atoms with Gasteiger partial charge in [-0.05, 0) is 55.6 Å². The first-order valence-corrected chi connectivity index (χ1v) is 9.60.